The molecule has 0 aliphatic rings. The molecule has 0 amide bonds. The highest BCUT2D eigenvalue weighted by Gasteiger charge is 2.14. The van der Waals surface area contributed by atoms with E-state index in [1.807, 2.05) is 0 Å². The van der Waals surface area contributed by atoms with E-state index in [2.05, 4.69) is 4.98 Å². The van der Waals surface area contributed by atoms with Crippen molar-refractivity contribution in [1.82, 2.24) is 4.98 Å². The molecule has 2 rings (SSSR count). The Kier molecular flexibility index (Phi) is 4.52. The highest BCUT2D eigenvalue weighted by atomic mass is 16.5. The number of benzene rings is 1. The van der Waals surface area contributed by atoms with Gasteiger partial charge in [-0.2, -0.15) is 0 Å². The van der Waals surface area contributed by atoms with Crippen molar-refractivity contribution in [3.05, 3.63) is 41.1 Å². The fourth-order valence-electron chi connectivity index (χ4n) is 2.02. The molecule has 0 spiro atoms. The van der Waals surface area contributed by atoms with Crippen molar-refractivity contribution in [1.29, 1.82) is 0 Å². The maximum absolute atomic E-state index is 11.8. The first-order valence-corrected chi connectivity index (χ1v) is 6.82. The number of fused-ring (bicyclic) bond motifs is 1. The molecule has 0 unspecified atom stereocenters. The van der Waals surface area contributed by atoms with Gasteiger partial charge in [-0.3, -0.25) is 4.98 Å². The Bertz CT molecular complexity index is 694. The minimum absolute atomic E-state index is 0.318. The maximum Gasteiger partial charge on any atom is 0.339 e. The molecule has 0 fully saturated rings. The van der Waals surface area contributed by atoms with Gasteiger partial charge in [0, 0.05) is 5.39 Å². The minimum Gasteiger partial charge on any atom is -0.462 e. The van der Waals surface area contributed by atoms with Gasteiger partial charge in [0.15, 0.2) is 0 Å². The summed E-state index contributed by atoms with van der Waals surface area (Å²) in [5.74, 6) is -0.771. The molecule has 21 heavy (non-hydrogen) atoms. The molecular weight excluding hydrogens is 270 g/mol. The standard InChI is InChI=1S/C16H17NO4/c1-4-20-15(18)12-7-6-11-8-13(16(19)21-5-2)10(3)17-14(11)9-12/h6-9H,4-5H2,1-3H3. The van der Waals surface area contributed by atoms with Crippen LogP contribution in [0.1, 0.15) is 40.3 Å². The van der Waals surface area contributed by atoms with Crippen LogP contribution >= 0.6 is 0 Å². The van der Waals surface area contributed by atoms with E-state index in [4.69, 9.17) is 9.47 Å². The summed E-state index contributed by atoms with van der Waals surface area (Å²) in [6, 6.07) is 6.79. The van der Waals surface area contributed by atoms with E-state index in [9.17, 15) is 9.59 Å². The normalized spacial score (nSPS) is 10.4. The summed E-state index contributed by atoms with van der Waals surface area (Å²) in [4.78, 5) is 27.9. The minimum atomic E-state index is -0.390. The summed E-state index contributed by atoms with van der Waals surface area (Å²) in [7, 11) is 0. The number of rotatable bonds is 4. The number of aryl methyl sites for hydroxylation is 1. The number of carbonyl (C=O) groups is 2. The van der Waals surface area contributed by atoms with E-state index >= 15 is 0 Å². The molecule has 0 aliphatic heterocycles. The first-order valence-electron chi connectivity index (χ1n) is 6.82. The van der Waals surface area contributed by atoms with Crippen molar-refractivity contribution >= 4 is 22.8 Å². The number of aromatic nitrogens is 1. The summed E-state index contributed by atoms with van der Waals surface area (Å²) in [6.45, 7) is 5.90. The van der Waals surface area contributed by atoms with Crippen LogP contribution in [0.2, 0.25) is 0 Å². The maximum atomic E-state index is 11.8. The summed E-state index contributed by atoms with van der Waals surface area (Å²) in [5.41, 5.74) is 2.10. The molecule has 0 atom stereocenters. The Hall–Kier alpha value is -2.43. The molecule has 0 aliphatic carbocycles. The Morgan fingerprint density at radius 1 is 1.05 bits per heavy atom. The molecule has 5 nitrogen and oxygen atoms in total. The van der Waals surface area contributed by atoms with Crippen LogP contribution in [-0.2, 0) is 9.47 Å². The molecular formula is C16H17NO4. The van der Waals surface area contributed by atoms with Gasteiger partial charge in [-0.1, -0.05) is 6.07 Å². The predicted molar refractivity (Wildman–Crippen MR) is 78.4 cm³/mol. The van der Waals surface area contributed by atoms with Gasteiger partial charge in [-0.15, -0.1) is 0 Å². The van der Waals surface area contributed by atoms with Crippen LogP contribution in [0.15, 0.2) is 24.3 Å². The monoisotopic (exact) mass is 287 g/mol. The van der Waals surface area contributed by atoms with Crippen LogP contribution in [0, 0.1) is 6.92 Å². The Morgan fingerprint density at radius 3 is 2.38 bits per heavy atom. The lowest BCUT2D eigenvalue weighted by atomic mass is 10.1. The van der Waals surface area contributed by atoms with E-state index in [1.165, 1.54) is 0 Å². The second-order valence-corrected chi connectivity index (χ2v) is 4.47. The molecule has 1 aromatic carbocycles. The zero-order valence-electron chi connectivity index (χ0n) is 12.3. The first kappa shape index (κ1) is 15.0. The zero-order chi connectivity index (χ0) is 15.4. The molecule has 5 heteroatoms. The van der Waals surface area contributed by atoms with Crippen LogP contribution in [0.25, 0.3) is 10.9 Å². The van der Waals surface area contributed by atoms with E-state index in [0.717, 1.165) is 5.39 Å². The van der Waals surface area contributed by atoms with Crippen molar-refractivity contribution in [3.63, 3.8) is 0 Å². The molecule has 110 valence electrons. The van der Waals surface area contributed by atoms with Crippen molar-refractivity contribution in [3.8, 4) is 0 Å². The van der Waals surface area contributed by atoms with Gasteiger partial charge in [0.1, 0.15) is 0 Å². The number of carbonyl (C=O) groups excluding carboxylic acids is 2. The van der Waals surface area contributed by atoms with Gasteiger partial charge in [-0.25, -0.2) is 9.59 Å². The second kappa shape index (κ2) is 6.35. The SMILES string of the molecule is CCOC(=O)c1ccc2cc(C(=O)OCC)c(C)nc2c1. The van der Waals surface area contributed by atoms with Crippen LogP contribution < -0.4 is 0 Å². The van der Waals surface area contributed by atoms with Crippen LogP contribution in [0.5, 0.6) is 0 Å². The first-order chi connectivity index (χ1) is 10.1. The van der Waals surface area contributed by atoms with E-state index < -0.39 is 0 Å². The number of esters is 2. The number of nitrogens with zero attached hydrogens (tertiary/aromatic N) is 1. The summed E-state index contributed by atoms with van der Waals surface area (Å²) < 4.78 is 9.96. The molecule has 0 bridgehead atoms. The average molecular weight is 287 g/mol. The molecule has 0 radical (unpaired) electrons. The second-order valence-electron chi connectivity index (χ2n) is 4.47. The average Bonchev–Trinajstić information content (AvgIpc) is 2.46. The van der Waals surface area contributed by atoms with Gasteiger partial charge in [0.05, 0.1) is 35.6 Å². The van der Waals surface area contributed by atoms with Gasteiger partial charge in [-0.05, 0) is 39.0 Å². The fourth-order valence-corrected chi connectivity index (χ4v) is 2.02. The van der Waals surface area contributed by atoms with Crippen LogP contribution in [-0.4, -0.2) is 30.1 Å². The summed E-state index contributed by atoms with van der Waals surface area (Å²) >= 11 is 0. The van der Waals surface area contributed by atoms with Crippen molar-refractivity contribution in [2.24, 2.45) is 0 Å². The van der Waals surface area contributed by atoms with Gasteiger partial charge in [0.25, 0.3) is 0 Å². The number of pyridine rings is 1. The molecule has 1 heterocycles. The Balaban J connectivity index is 2.44. The van der Waals surface area contributed by atoms with Gasteiger partial charge >= 0.3 is 11.9 Å². The van der Waals surface area contributed by atoms with Crippen molar-refractivity contribution < 1.29 is 19.1 Å². The quantitative estimate of drug-likeness (QED) is 0.809. The van der Waals surface area contributed by atoms with Crippen molar-refractivity contribution in [2.75, 3.05) is 13.2 Å². The lowest BCUT2D eigenvalue weighted by Crippen LogP contribution is -2.08. The molecule has 1 aromatic heterocycles. The number of hydrogen-bond acceptors (Lipinski definition) is 5. The van der Waals surface area contributed by atoms with E-state index in [-0.39, 0.29) is 11.9 Å². The Morgan fingerprint density at radius 2 is 1.71 bits per heavy atom. The van der Waals surface area contributed by atoms with E-state index in [1.54, 1.807) is 45.0 Å². The molecule has 0 N–H and O–H groups in total. The fraction of sp³-hybridized carbons (Fsp3) is 0.312. The summed E-state index contributed by atoms with van der Waals surface area (Å²) in [6.07, 6.45) is 0. The largest absolute Gasteiger partial charge is 0.462 e. The third-order valence-electron chi connectivity index (χ3n) is 3.01. The Labute approximate surface area is 122 Å². The number of ether oxygens (including phenoxy) is 2. The third kappa shape index (κ3) is 3.18. The van der Waals surface area contributed by atoms with Crippen LogP contribution in [0.3, 0.4) is 0 Å². The highest BCUT2D eigenvalue weighted by molar-refractivity contribution is 5.98. The topological polar surface area (TPSA) is 65.5 Å². The smallest absolute Gasteiger partial charge is 0.339 e. The highest BCUT2D eigenvalue weighted by Crippen LogP contribution is 2.19. The van der Waals surface area contributed by atoms with Gasteiger partial charge in [0.2, 0.25) is 0 Å². The van der Waals surface area contributed by atoms with Crippen LogP contribution in [0.4, 0.5) is 0 Å². The number of hydrogen-bond donors (Lipinski definition) is 0. The molecule has 2 aromatic rings. The van der Waals surface area contributed by atoms with Gasteiger partial charge < -0.3 is 9.47 Å². The van der Waals surface area contributed by atoms with Crippen molar-refractivity contribution in [2.45, 2.75) is 20.8 Å². The predicted octanol–water partition coefficient (Wildman–Crippen LogP) is 2.90. The molecule has 0 saturated carbocycles. The molecule has 0 saturated heterocycles. The zero-order valence-corrected chi connectivity index (χ0v) is 12.3. The lowest BCUT2D eigenvalue weighted by Gasteiger charge is -2.08. The lowest BCUT2D eigenvalue weighted by molar-refractivity contribution is 0.0515. The summed E-state index contributed by atoms with van der Waals surface area (Å²) in [5, 5.41) is 0.775. The third-order valence-corrected chi connectivity index (χ3v) is 3.01. The van der Waals surface area contributed by atoms with E-state index in [0.29, 0.717) is 35.6 Å².